The summed E-state index contributed by atoms with van der Waals surface area (Å²) in [4.78, 5) is 11.7. The quantitative estimate of drug-likeness (QED) is 0.743. The molecule has 0 heterocycles. The number of carbonyl (C=O) groups excluding carboxylic acids is 1. The summed E-state index contributed by atoms with van der Waals surface area (Å²) in [6, 6.07) is 5.45. The van der Waals surface area contributed by atoms with E-state index < -0.39 is 0 Å². The van der Waals surface area contributed by atoms with Crippen molar-refractivity contribution in [1.29, 1.82) is 0 Å². The van der Waals surface area contributed by atoms with E-state index in [9.17, 15) is 4.79 Å². The van der Waals surface area contributed by atoms with Crippen molar-refractivity contribution < 1.29 is 9.53 Å². The van der Waals surface area contributed by atoms with Gasteiger partial charge in [-0.25, -0.2) is 0 Å². The van der Waals surface area contributed by atoms with Crippen LogP contribution in [0.1, 0.15) is 12.5 Å². The van der Waals surface area contributed by atoms with Gasteiger partial charge in [-0.05, 0) is 40.5 Å². The van der Waals surface area contributed by atoms with Crippen molar-refractivity contribution in [2.24, 2.45) is 0 Å². The van der Waals surface area contributed by atoms with Gasteiger partial charge < -0.3 is 15.4 Å². The fourth-order valence-corrected chi connectivity index (χ4v) is 1.89. The Balaban J connectivity index is 2.38. The molecular weight excluding hydrogens is 332 g/mol. The Bertz CT molecular complexity index is 429. The van der Waals surface area contributed by atoms with E-state index in [1.54, 1.807) is 7.11 Å². The number of amides is 1. The zero-order chi connectivity index (χ0) is 14.3. The standard InChI is InChI=1S/C13H18BrClN2O2/c1-9(13(18)16-5-6-19-2)17-8-10-3-4-11(14)12(15)7-10/h3-4,7,9,17H,5-6,8H2,1-2H3,(H,16,18). The molecule has 1 atom stereocenters. The average molecular weight is 350 g/mol. The summed E-state index contributed by atoms with van der Waals surface area (Å²) in [7, 11) is 1.60. The van der Waals surface area contributed by atoms with E-state index in [1.165, 1.54) is 0 Å². The molecule has 0 aliphatic rings. The van der Waals surface area contributed by atoms with Crippen LogP contribution in [0.4, 0.5) is 0 Å². The van der Waals surface area contributed by atoms with Gasteiger partial charge in [0, 0.05) is 24.7 Å². The van der Waals surface area contributed by atoms with Crippen molar-refractivity contribution in [3.05, 3.63) is 33.3 Å². The van der Waals surface area contributed by atoms with E-state index in [-0.39, 0.29) is 11.9 Å². The average Bonchev–Trinajstić information content (AvgIpc) is 2.40. The van der Waals surface area contributed by atoms with Crippen molar-refractivity contribution >= 4 is 33.4 Å². The summed E-state index contributed by atoms with van der Waals surface area (Å²) in [5, 5.41) is 6.59. The van der Waals surface area contributed by atoms with Gasteiger partial charge >= 0.3 is 0 Å². The fraction of sp³-hybridized carbons (Fsp3) is 0.462. The van der Waals surface area contributed by atoms with Gasteiger partial charge in [0.05, 0.1) is 17.7 Å². The summed E-state index contributed by atoms with van der Waals surface area (Å²) in [6.07, 6.45) is 0. The van der Waals surface area contributed by atoms with Gasteiger partial charge in [0.2, 0.25) is 5.91 Å². The van der Waals surface area contributed by atoms with Gasteiger partial charge in [-0.15, -0.1) is 0 Å². The van der Waals surface area contributed by atoms with E-state index in [1.807, 2.05) is 25.1 Å². The van der Waals surface area contributed by atoms with Crippen LogP contribution < -0.4 is 10.6 Å². The molecule has 0 aromatic heterocycles. The van der Waals surface area contributed by atoms with Crippen molar-refractivity contribution in [2.45, 2.75) is 19.5 Å². The normalized spacial score (nSPS) is 12.2. The molecule has 0 spiro atoms. The number of hydrogen-bond donors (Lipinski definition) is 2. The zero-order valence-electron chi connectivity index (χ0n) is 11.0. The zero-order valence-corrected chi connectivity index (χ0v) is 13.3. The number of methoxy groups -OCH3 is 1. The molecule has 0 bridgehead atoms. The minimum atomic E-state index is -0.265. The van der Waals surface area contributed by atoms with Gasteiger partial charge in [0.25, 0.3) is 0 Å². The van der Waals surface area contributed by atoms with Crippen molar-refractivity contribution in [3.63, 3.8) is 0 Å². The van der Waals surface area contributed by atoms with Gasteiger partial charge in [-0.2, -0.15) is 0 Å². The second-order valence-corrected chi connectivity index (χ2v) is 5.40. The summed E-state index contributed by atoms with van der Waals surface area (Å²) >= 11 is 9.35. The second-order valence-electron chi connectivity index (χ2n) is 4.13. The van der Waals surface area contributed by atoms with E-state index in [0.29, 0.717) is 24.7 Å². The molecule has 0 radical (unpaired) electrons. The number of carbonyl (C=O) groups is 1. The Morgan fingerprint density at radius 2 is 2.26 bits per heavy atom. The number of nitrogens with one attached hydrogen (secondary N) is 2. The molecule has 1 aromatic carbocycles. The molecule has 0 aliphatic carbocycles. The highest BCUT2D eigenvalue weighted by Gasteiger charge is 2.11. The molecule has 6 heteroatoms. The lowest BCUT2D eigenvalue weighted by molar-refractivity contribution is -0.122. The molecule has 1 amide bonds. The monoisotopic (exact) mass is 348 g/mol. The molecule has 2 N–H and O–H groups in total. The SMILES string of the molecule is COCCNC(=O)C(C)NCc1ccc(Br)c(Cl)c1. The van der Waals surface area contributed by atoms with Crippen molar-refractivity contribution in [2.75, 3.05) is 20.3 Å². The van der Waals surface area contributed by atoms with Crippen molar-refractivity contribution in [3.8, 4) is 0 Å². The summed E-state index contributed by atoms with van der Waals surface area (Å²) in [5.41, 5.74) is 1.03. The molecule has 1 rings (SSSR count). The Labute approximate surface area is 127 Å². The molecule has 0 aliphatic heterocycles. The first kappa shape index (κ1) is 16.4. The van der Waals surface area contributed by atoms with Gasteiger partial charge in [0.15, 0.2) is 0 Å². The lowest BCUT2D eigenvalue weighted by Crippen LogP contribution is -2.42. The number of ether oxygens (including phenoxy) is 1. The number of benzene rings is 1. The maximum Gasteiger partial charge on any atom is 0.236 e. The second kappa shape index (κ2) is 8.53. The smallest absolute Gasteiger partial charge is 0.236 e. The highest BCUT2D eigenvalue weighted by molar-refractivity contribution is 9.10. The predicted molar refractivity (Wildman–Crippen MR) is 80.3 cm³/mol. The summed E-state index contributed by atoms with van der Waals surface area (Å²) < 4.78 is 5.74. The first-order valence-corrected chi connectivity index (χ1v) is 7.15. The van der Waals surface area contributed by atoms with Crippen LogP contribution in [0.3, 0.4) is 0 Å². The van der Waals surface area contributed by atoms with Gasteiger partial charge in [-0.1, -0.05) is 17.7 Å². The van der Waals surface area contributed by atoms with Crippen molar-refractivity contribution in [1.82, 2.24) is 10.6 Å². The third-order valence-electron chi connectivity index (χ3n) is 2.60. The fourth-order valence-electron chi connectivity index (χ4n) is 1.44. The molecule has 1 unspecified atom stereocenters. The Morgan fingerprint density at radius 3 is 2.89 bits per heavy atom. The van der Waals surface area contributed by atoms with E-state index in [2.05, 4.69) is 26.6 Å². The molecule has 0 saturated heterocycles. The van der Waals surface area contributed by atoms with Crippen LogP contribution in [0.15, 0.2) is 22.7 Å². The Hall–Kier alpha value is -0.620. The lowest BCUT2D eigenvalue weighted by Gasteiger charge is -2.14. The summed E-state index contributed by atoms with van der Waals surface area (Å²) in [6.45, 7) is 3.45. The Morgan fingerprint density at radius 1 is 1.53 bits per heavy atom. The third-order valence-corrected chi connectivity index (χ3v) is 3.83. The minimum absolute atomic E-state index is 0.0414. The molecule has 19 heavy (non-hydrogen) atoms. The maximum absolute atomic E-state index is 11.7. The predicted octanol–water partition coefficient (Wildman–Crippen LogP) is 2.34. The molecular formula is C13H18BrClN2O2. The van der Waals surface area contributed by atoms with Crippen LogP contribution in [0.25, 0.3) is 0 Å². The maximum atomic E-state index is 11.7. The van der Waals surface area contributed by atoms with E-state index in [0.717, 1.165) is 10.0 Å². The highest BCUT2D eigenvalue weighted by Crippen LogP contribution is 2.23. The topological polar surface area (TPSA) is 50.4 Å². The third kappa shape index (κ3) is 5.91. The van der Waals surface area contributed by atoms with E-state index in [4.69, 9.17) is 16.3 Å². The van der Waals surface area contributed by atoms with Gasteiger partial charge in [-0.3, -0.25) is 4.79 Å². The lowest BCUT2D eigenvalue weighted by atomic mass is 10.2. The van der Waals surface area contributed by atoms with Crippen LogP contribution in [-0.2, 0) is 16.1 Å². The molecule has 4 nitrogen and oxygen atoms in total. The van der Waals surface area contributed by atoms with Crippen LogP contribution in [0.5, 0.6) is 0 Å². The highest BCUT2D eigenvalue weighted by atomic mass is 79.9. The molecule has 0 fully saturated rings. The molecule has 1 aromatic rings. The Kier molecular flexibility index (Phi) is 7.38. The minimum Gasteiger partial charge on any atom is -0.383 e. The van der Waals surface area contributed by atoms with E-state index >= 15 is 0 Å². The number of hydrogen-bond acceptors (Lipinski definition) is 3. The first-order chi connectivity index (χ1) is 9.04. The summed E-state index contributed by atoms with van der Waals surface area (Å²) in [5.74, 6) is -0.0414. The number of rotatable bonds is 7. The van der Waals surface area contributed by atoms with Gasteiger partial charge in [0.1, 0.15) is 0 Å². The van der Waals surface area contributed by atoms with Crippen LogP contribution in [0, 0.1) is 0 Å². The molecule has 0 saturated carbocycles. The molecule has 106 valence electrons. The van der Waals surface area contributed by atoms with Crippen LogP contribution in [0.2, 0.25) is 5.02 Å². The van der Waals surface area contributed by atoms with Crippen LogP contribution >= 0.6 is 27.5 Å². The number of halogens is 2. The first-order valence-electron chi connectivity index (χ1n) is 5.98. The largest absolute Gasteiger partial charge is 0.383 e. The van der Waals surface area contributed by atoms with Crippen LogP contribution in [-0.4, -0.2) is 32.2 Å².